The Morgan fingerprint density at radius 1 is 1.15 bits per heavy atom. The second-order valence-corrected chi connectivity index (χ2v) is 12.7. The molecular weight excluding hydrogens is 517 g/mol. The zero-order valence-corrected chi connectivity index (χ0v) is 25.5. The first-order valence-electron chi connectivity index (χ1n) is 13.9. The van der Waals surface area contributed by atoms with E-state index < -0.39 is 24.7 Å². The summed E-state index contributed by atoms with van der Waals surface area (Å²) in [6, 6.07) is 3.46. The average molecular weight is 564 g/mol. The highest BCUT2D eigenvalue weighted by Crippen LogP contribution is 2.53. The second-order valence-electron chi connectivity index (χ2n) is 10.8. The molecule has 1 aliphatic rings. The lowest BCUT2D eigenvalue weighted by Crippen LogP contribution is -2.47. The molecule has 218 valence electrons. The summed E-state index contributed by atoms with van der Waals surface area (Å²) in [6.07, 6.45) is 7.43. The molecule has 3 atom stereocenters. The highest BCUT2D eigenvalue weighted by Gasteiger charge is 2.46. The van der Waals surface area contributed by atoms with Crippen LogP contribution in [0.5, 0.6) is 11.5 Å². The number of carbonyl (C=O) groups excluding carboxylic acids is 2. The van der Waals surface area contributed by atoms with Crippen LogP contribution in [0.3, 0.4) is 0 Å². The molecule has 0 saturated carbocycles. The molecule has 0 heterocycles. The van der Waals surface area contributed by atoms with Crippen molar-refractivity contribution in [1.29, 1.82) is 0 Å². The number of aromatic hydroxyl groups is 1. The van der Waals surface area contributed by atoms with E-state index in [9.17, 15) is 19.3 Å². The van der Waals surface area contributed by atoms with Crippen LogP contribution in [0.1, 0.15) is 97.6 Å². The Balaban J connectivity index is 2.71. The van der Waals surface area contributed by atoms with Crippen LogP contribution < -0.4 is 9.61 Å². The number of rotatable bonds is 14. The van der Waals surface area contributed by atoms with Gasteiger partial charge in [-0.3, -0.25) is 4.79 Å². The number of nitrogens with one attached hydrogen (secondary N) is 1. The molecule has 2 N–H and O–H groups in total. The molecule has 1 unspecified atom stereocenters. The fourth-order valence-electron chi connectivity index (χ4n) is 4.89. The van der Waals surface area contributed by atoms with Crippen LogP contribution in [0, 0.1) is 5.92 Å². The number of hydrogen-bond acceptors (Lipinski definition) is 7. The fraction of sp³-hybridized carbons (Fsp3) is 0.600. The Morgan fingerprint density at radius 3 is 2.41 bits per heavy atom. The summed E-state index contributed by atoms with van der Waals surface area (Å²) >= 11 is 0. The van der Waals surface area contributed by atoms with Crippen LogP contribution in [-0.4, -0.2) is 35.5 Å². The molecule has 0 radical (unpaired) electrons. The van der Waals surface area contributed by atoms with E-state index in [2.05, 4.69) is 24.7 Å². The highest BCUT2D eigenvalue weighted by molar-refractivity contribution is 7.74. The van der Waals surface area contributed by atoms with Gasteiger partial charge in [0.15, 0.2) is 0 Å². The van der Waals surface area contributed by atoms with Crippen molar-refractivity contribution in [1.82, 2.24) is 5.09 Å². The molecule has 0 fully saturated rings. The Kier molecular flexibility index (Phi) is 11.9. The molecule has 1 aliphatic carbocycles. The Hall–Kier alpha value is -2.57. The summed E-state index contributed by atoms with van der Waals surface area (Å²) in [5, 5.41) is 14.0. The zero-order chi connectivity index (χ0) is 29.4. The molecule has 0 bridgehead atoms. The van der Waals surface area contributed by atoms with Crippen molar-refractivity contribution in [2.75, 3.05) is 13.2 Å². The van der Waals surface area contributed by atoms with Gasteiger partial charge < -0.3 is 19.1 Å². The van der Waals surface area contributed by atoms with Crippen LogP contribution in [0.25, 0.3) is 0 Å². The summed E-state index contributed by atoms with van der Waals surface area (Å²) in [5.74, 6) is -0.861. The number of esters is 1. The van der Waals surface area contributed by atoms with Crippen molar-refractivity contribution >= 4 is 19.2 Å². The smallest absolute Gasteiger partial charge is 0.424 e. The molecule has 39 heavy (non-hydrogen) atoms. The topological polar surface area (TPSA) is 111 Å². The van der Waals surface area contributed by atoms with Gasteiger partial charge in [-0.05, 0) is 90.8 Å². The van der Waals surface area contributed by atoms with Gasteiger partial charge in [-0.2, -0.15) is 0 Å². The van der Waals surface area contributed by atoms with Crippen molar-refractivity contribution < 1.29 is 33.3 Å². The van der Waals surface area contributed by atoms with E-state index in [1.54, 1.807) is 26.0 Å². The summed E-state index contributed by atoms with van der Waals surface area (Å²) in [5.41, 5.74) is 0.697. The molecule has 0 aliphatic heterocycles. The van der Waals surface area contributed by atoms with Crippen LogP contribution in [-0.2, 0) is 25.3 Å². The molecule has 0 saturated heterocycles. The number of phenolic OH excluding ortho intramolecular Hbond substituents is 1. The maximum Gasteiger partial charge on any atom is 0.424 e. The maximum atomic E-state index is 14.3. The number of allylic oxidation sites excluding steroid dienone is 3. The maximum absolute atomic E-state index is 14.3. The molecule has 0 spiro atoms. The van der Waals surface area contributed by atoms with Gasteiger partial charge in [-0.25, -0.2) is 14.4 Å². The first-order chi connectivity index (χ1) is 18.3. The average Bonchev–Trinajstić information content (AvgIpc) is 2.83. The van der Waals surface area contributed by atoms with Crippen LogP contribution in [0.15, 0.2) is 35.9 Å². The first-order valence-corrected chi connectivity index (χ1v) is 15.5. The van der Waals surface area contributed by atoms with E-state index >= 15 is 0 Å². The SMILES string of the molecule is C=C(C)[C@@H]1CCC(C)=C[C@H]1c1c(O)cc(CCCCC)cc1OP(=O)(NC(C)(C)C(=O)OCC)C(=O)OCC. The number of benzene rings is 1. The summed E-state index contributed by atoms with van der Waals surface area (Å²) < 4.78 is 30.6. The lowest BCUT2D eigenvalue weighted by molar-refractivity contribution is -0.149. The summed E-state index contributed by atoms with van der Waals surface area (Å²) in [6.45, 7) is 16.5. The van der Waals surface area contributed by atoms with E-state index in [4.69, 9.17) is 14.0 Å². The molecule has 1 aromatic rings. The Labute approximate surface area is 233 Å². The number of hydrogen-bond donors (Lipinski definition) is 2. The van der Waals surface area contributed by atoms with Gasteiger partial charge in [0.05, 0.1) is 13.2 Å². The van der Waals surface area contributed by atoms with E-state index in [-0.39, 0.29) is 36.5 Å². The fourth-order valence-corrected chi connectivity index (χ4v) is 6.65. The van der Waals surface area contributed by atoms with Crippen molar-refractivity contribution in [3.8, 4) is 11.5 Å². The molecule has 1 aromatic carbocycles. The Bertz CT molecular complexity index is 1120. The van der Waals surface area contributed by atoms with E-state index in [0.717, 1.165) is 48.8 Å². The van der Waals surface area contributed by atoms with Crippen molar-refractivity contribution in [3.63, 3.8) is 0 Å². The van der Waals surface area contributed by atoms with Gasteiger partial charge >= 0.3 is 19.2 Å². The number of aryl methyl sites for hydroxylation is 1. The van der Waals surface area contributed by atoms with E-state index in [1.807, 2.05) is 13.8 Å². The zero-order valence-electron chi connectivity index (χ0n) is 24.6. The molecule has 9 heteroatoms. The van der Waals surface area contributed by atoms with Gasteiger partial charge in [-0.1, -0.05) is 43.6 Å². The lowest BCUT2D eigenvalue weighted by Gasteiger charge is -2.33. The van der Waals surface area contributed by atoms with E-state index in [0.29, 0.717) is 12.0 Å². The van der Waals surface area contributed by atoms with E-state index in [1.165, 1.54) is 13.8 Å². The number of ether oxygens (including phenoxy) is 2. The molecule has 0 amide bonds. The third-order valence-electron chi connectivity index (χ3n) is 6.91. The van der Waals surface area contributed by atoms with Gasteiger partial charge in [0, 0.05) is 11.5 Å². The first kappa shape index (κ1) is 32.6. The largest absolute Gasteiger partial charge is 0.507 e. The van der Waals surface area contributed by atoms with Gasteiger partial charge in [0.25, 0.3) is 0 Å². The quantitative estimate of drug-likeness (QED) is 0.102. The standard InChI is InChI=1S/C30H46NO7P/c1-9-12-13-14-22-18-25(32)27(24-17-21(6)15-16-23(24)20(4)5)26(19-22)38-39(35,29(34)37-11-3)31-30(7,8)28(33)36-10-2/h17-19,23-24,32H,4,9-16H2,1-3,5-8H3,(H,31,35)/t23-,24+,39?/m0/s1. The second kappa shape index (κ2) is 14.2. The molecule has 0 aromatic heterocycles. The normalized spacial score (nSPS) is 19.0. The predicted molar refractivity (Wildman–Crippen MR) is 154 cm³/mol. The number of phenols is 1. The van der Waals surface area contributed by atoms with Gasteiger partial charge in [-0.15, -0.1) is 0 Å². The summed E-state index contributed by atoms with van der Waals surface area (Å²) in [7, 11) is -4.52. The summed E-state index contributed by atoms with van der Waals surface area (Å²) in [4.78, 5) is 25.7. The third kappa shape index (κ3) is 8.46. The van der Waals surface area contributed by atoms with Crippen molar-refractivity contribution in [3.05, 3.63) is 47.1 Å². The predicted octanol–water partition coefficient (Wildman–Crippen LogP) is 7.80. The van der Waals surface area contributed by atoms with Crippen LogP contribution >= 0.6 is 7.52 Å². The van der Waals surface area contributed by atoms with Crippen LogP contribution in [0.4, 0.5) is 4.79 Å². The van der Waals surface area contributed by atoms with Crippen molar-refractivity contribution in [2.24, 2.45) is 5.92 Å². The third-order valence-corrected chi connectivity index (χ3v) is 8.83. The minimum Gasteiger partial charge on any atom is -0.507 e. The molecule has 2 rings (SSSR count). The Morgan fingerprint density at radius 2 is 1.82 bits per heavy atom. The van der Waals surface area contributed by atoms with Gasteiger partial charge in [0.1, 0.15) is 17.0 Å². The van der Waals surface area contributed by atoms with Crippen molar-refractivity contribution in [2.45, 2.75) is 98.4 Å². The lowest BCUT2D eigenvalue weighted by atomic mass is 9.73. The number of unbranched alkanes of at least 4 members (excludes halogenated alkanes) is 2. The number of carbonyl (C=O) groups is 2. The highest BCUT2D eigenvalue weighted by atomic mass is 31.2. The minimum absolute atomic E-state index is 0.00117. The molecular formula is C30H46NO7P. The monoisotopic (exact) mass is 563 g/mol. The minimum atomic E-state index is -4.52. The molecule has 8 nitrogen and oxygen atoms in total. The van der Waals surface area contributed by atoms with Crippen LogP contribution in [0.2, 0.25) is 0 Å². The van der Waals surface area contributed by atoms with Gasteiger partial charge in [0.2, 0.25) is 0 Å².